The molecule has 0 bridgehead atoms. The van der Waals surface area contributed by atoms with E-state index in [0.29, 0.717) is 10.7 Å². The van der Waals surface area contributed by atoms with Crippen LogP contribution in [0.1, 0.15) is 10.4 Å². The van der Waals surface area contributed by atoms with Crippen LogP contribution in [0.15, 0.2) is 36.4 Å². The minimum absolute atomic E-state index is 0.141. The van der Waals surface area contributed by atoms with Gasteiger partial charge in [-0.2, -0.15) is 0 Å². The summed E-state index contributed by atoms with van der Waals surface area (Å²) >= 11 is 5.77. The molecule has 0 aromatic heterocycles. The average molecular weight is 283 g/mol. The Hall–Kier alpha value is -2.14. The summed E-state index contributed by atoms with van der Waals surface area (Å²) in [5.74, 6) is -2.53. The van der Waals surface area contributed by atoms with Gasteiger partial charge >= 0.3 is 0 Å². The highest BCUT2D eigenvalue weighted by Crippen LogP contribution is 2.19. The van der Waals surface area contributed by atoms with E-state index in [0.717, 1.165) is 12.1 Å². The fourth-order valence-electron chi connectivity index (χ4n) is 1.52. The maximum Gasteiger partial charge on any atom is 0.255 e. The minimum atomic E-state index is -1.04. The Kier molecular flexibility index (Phi) is 3.66. The second-order valence-electron chi connectivity index (χ2n) is 3.86. The third-order valence-electron chi connectivity index (χ3n) is 2.36. The number of anilines is 2. The summed E-state index contributed by atoms with van der Waals surface area (Å²) in [6.45, 7) is 0. The Morgan fingerprint density at radius 2 is 1.84 bits per heavy atom. The fourth-order valence-corrected chi connectivity index (χ4v) is 1.76. The zero-order valence-electron chi connectivity index (χ0n) is 9.58. The van der Waals surface area contributed by atoms with Crippen molar-refractivity contribution in [1.82, 2.24) is 0 Å². The molecule has 0 saturated carbocycles. The van der Waals surface area contributed by atoms with Crippen LogP contribution in [0.4, 0.5) is 20.2 Å². The number of carbonyl (C=O) groups is 1. The lowest BCUT2D eigenvalue weighted by Gasteiger charge is -2.07. The Morgan fingerprint density at radius 1 is 1.11 bits per heavy atom. The van der Waals surface area contributed by atoms with Crippen LogP contribution in [-0.2, 0) is 0 Å². The van der Waals surface area contributed by atoms with Crippen molar-refractivity contribution in [2.45, 2.75) is 0 Å². The van der Waals surface area contributed by atoms with E-state index in [1.54, 1.807) is 0 Å². The summed E-state index contributed by atoms with van der Waals surface area (Å²) in [7, 11) is 0. The average Bonchev–Trinajstić information content (AvgIpc) is 2.32. The lowest BCUT2D eigenvalue weighted by Crippen LogP contribution is -2.12. The van der Waals surface area contributed by atoms with Crippen molar-refractivity contribution in [3.8, 4) is 0 Å². The lowest BCUT2D eigenvalue weighted by molar-refractivity contribution is 0.102. The second-order valence-corrected chi connectivity index (χ2v) is 4.29. The molecule has 0 aliphatic heterocycles. The molecule has 98 valence electrons. The largest absolute Gasteiger partial charge is 0.399 e. The van der Waals surface area contributed by atoms with E-state index < -0.39 is 17.5 Å². The van der Waals surface area contributed by atoms with Gasteiger partial charge in [-0.05, 0) is 30.3 Å². The molecule has 0 saturated heterocycles. The van der Waals surface area contributed by atoms with Crippen LogP contribution in [-0.4, -0.2) is 5.91 Å². The fraction of sp³-hybridized carbons (Fsp3) is 0. The van der Waals surface area contributed by atoms with Crippen LogP contribution in [0.2, 0.25) is 5.02 Å². The topological polar surface area (TPSA) is 55.1 Å². The molecule has 0 fully saturated rings. The van der Waals surface area contributed by atoms with Crippen molar-refractivity contribution in [2.24, 2.45) is 0 Å². The van der Waals surface area contributed by atoms with Crippen molar-refractivity contribution in [3.63, 3.8) is 0 Å². The van der Waals surface area contributed by atoms with E-state index in [-0.39, 0.29) is 11.3 Å². The molecule has 1 amide bonds. The van der Waals surface area contributed by atoms with E-state index in [9.17, 15) is 13.6 Å². The maximum atomic E-state index is 13.0. The number of rotatable bonds is 2. The zero-order valence-corrected chi connectivity index (χ0v) is 10.3. The quantitative estimate of drug-likeness (QED) is 0.829. The second kappa shape index (κ2) is 5.24. The number of halogens is 3. The summed E-state index contributed by atoms with van der Waals surface area (Å²) in [5.41, 5.74) is 6.27. The summed E-state index contributed by atoms with van der Waals surface area (Å²) < 4.78 is 25.7. The first-order valence-corrected chi connectivity index (χ1v) is 5.66. The highest BCUT2D eigenvalue weighted by molar-refractivity contribution is 6.31. The molecule has 0 unspecified atom stereocenters. The molecule has 0 aliphatic rings. The van der Waals surface area contributed by atoms with Crippen LogP contribution in [0.5, 0.6) is 0 Å². The van der Waals surface area contributed by atoms with Crippen molar-refractivity contribution in [3.05, 3.63) is 58.6 Å². The Labute approximate surface area is 113 Å². The van der Waals surface area contributed by atoms with E-state index in [1.807, 2.05) is 0 Å². The molecular formula is C13H9ClF2N2O. The molecule has 2 rings (SSSR count). The van der Waals surface area contributed by atoms with Gasteiger partial charge in [0.15, 0.2) is 11.6 Å². The van der Waals surface area contributed by atoms with E-state index in [4.69, 9.17) is 17.3 Å². The van der Waals surface area contributed by atoms with Gasteiger partial charge in [-0.25, -0.2) is 8.78 Å². The summed E-state index contributed by atoms with van der Waals surface area (Å²) in [5, 5.41) is 2.74. The zero-order chi connectivity index (χ0) is 14.0. The van der Waals surface area contributed by atoms with Gasteiger partial charge in [0.2, 0.25) is 0 Å². The van der Waals surface area contributed by atoms with Crippen LogP contribution in [0, 0.1) is 11.6 Å². The molecule has 3 N–H and O–H groups in total. The van der Waals surface area contributed by atoms with Crippen LogP contribution in [0.25, 0.3) is 0 Å². The van der Waals surface area contributed by atoms with Crippen LogP contribution >= 0.6 is 11.6 Å². The molecule has 0 radical (unpaired) electrons. The predicted molar refractivity (Wildman–Crippen MR) is 70.2 cm³/mol. The van der Waals surface area contributed by atoms with Crippen molar-refractivity contribution in [2.75, 3.05) is 11.1 Å². The monoisotopic (exact) mass is 282 g/mol. The number of hydrogen-bond acceptors (Lipinski definition) is 2. The van der Waals surface area contributed by atoms with Gasteiger partial charge in [0, 0.05) is 28.0 Å². The van der Waals surface area contributed by atoms with E-state index >= 15 is 0 Å². The molecule has 0 aliphatic carbocycles. The Balaban J connectivity index is 2.22. The van der Waals surface area contributed by atoms with Gasteiger partial charge < -0.3 is 11.1 Å². The van der Waals surface area contributed by atoms with Crippen molar-refractivity contribution >= 4 is 28.9 Å². The number of benzene rings is 2. The van der Waals surface area contributed by atoms with Gasteiger partial charge in [0.1, 0.15) is 0 Å². The van der Waals surface area contributed by atoms with Crippen LogP contribution < -0.4 is 11.1 Å². The van der Waals surface area contributed by atoms with Crippen LogP contribution in [0.3, 0.4) is 0 Å². The maximum absolute atomic E-state index is 13.0. The SMILES string of the molecule is Nc1cc(Cl)cc(C(=O)Nc2ccc(F)c(F)c2)c1. The lowest BCUT2D eigenvalue weighted by atomic mass is 10.2. The summed E-state index contributed by atoms with van der Waals surface area (Å²) in [6, 6.07) is 7.42. The molecule has 2 aromatic carbocycles. The molecule has 6 heteroatoms. The normalized spacial score (nSPS) is 10.3. The molecular weight excluding hydrogens is 274 g/mol. The Bertz CT molecular complexity index is 626. The molecule has 19 heavy (non-hydrogen) atoms. The van der Waals surface area contributed by atoms with Crippen molar-refractivity contribution in [1.29, 1.82) is 0 Å². The minimum Gasteiger partial charge on any atom is -0.399 e. The highest BCUT2D eigenvalue weighted by atomic mass is 35.5. The summed E-state index contributed by atoms with van der Waals surface area (Å²) in [6.07, 6.45) is 0. The molecule has 3 nitrogen and oxygen atoms in total. The van der Waals surface area contributed by atoms with E-state index in [1.165, 1.54) is 24.3 Å². The van der Waals surface area contributed by atoms with Gasteiger partial charge in [-0.3, -0.25) is 4.79 Å². The van der Waals surface area contributed by atoms with Gasteiger partial charge in [-0.1, -0.05) is 11.6 Å². The number of hydrogen-bond donors (Lipinski definition) is 2. The van der Waals surface area contributed by atoms with Gasteiger partial charge in [0.25, 0.3) is 5.91 Å². The number of nitrogens with two attached hydrogens (primary N) is 1. The number of amides is 1. The van der Waals surface area contributed by atoms with Crippen molar-refractivity contribution < 1.29 is 13.6 Å². The molecule has 0 heterocycles. The summed E-state index contributed by atoms with van der Waals surface area (Å²) in [4.78, 5) is 11.9. The predicted octanol–water partition coefficient (Wildman–Crippen LogP) is 3.45. The van der Waals surface area contributed by atoms with Gasteiger partial charge in [-0.15, -0.1) is 0 Å². The number of carbonyl (C=O) groups excluding carboxylic acids is 1. The first kappa shape index (κ1) is 13.3. The first-order valence-electron chi connectivity index (χ1n) is 5.28. The third-order valence-corrected chi connectivity index (χ3v) is 2.58. The standard InChI is InChI=1S/C13H9ClF2N2O/c14-8-3-7(4-9(17)5-8)13(19)18-10-1-2-11(15)12(16)6-10/h1-6H,17H2,(H,18,19). The molecule has 0 atom stereocenters. The number of nitrogens with one attached hydrogen (secondary N) is 1. The van der Waals surface area contributed by atoms with Gasteiger partial charge in [0.05, 0.1) is 0 Å². The Morgan fingerprint density at radius 3 is 2.47 bits per heavy atom. The first-order chi connectivity index (χ1) is 8.95. The molecule has 2 aromatic rings. The third kappa shape index (κ3) is 3.20. The molecule has 0 spiro atoms. The van der Waals surface area contributed by atoms with E-state index in [2.05, 4.69) is 5.32 Å². The number of nitrogen functional groups attached to an aromatic ring is 1. The highest BCUT2D eigenvalue weighted by Gasteiger charge is 2.09. The smallest absolute Gasteiger partial charge is 0.255 e.